The summed E-state index contributed by atoms with van der Waals surface area (Å²) in [6.45, 7) is 5.29. The Bertz CT molecular complexity index is 1400. The first-order valence-electron chi connectivity index (χ1n) is 11.2. The SMILES string of the molecule is CC(C)CCn1c(N/N=C\c2ccc(OCc3ccccc3)cc2)nc2c1c(=O)[nH]c(=O)n2C. The summed E-state index contributed by atoms with van der Waals surface area (Å²) in [6.07, 6.45) is 2.51. The molecule has 4 aromatic rings. The Labute approximate surface area is 196 Å². The Balaban J connectivity index is 1.50. The van der Waals surface area contributed by atoms with Crippen molar-refractivity contribution in [3.05, 3.63) is 86.6 Å². The average Bonchev–Trinajstić information content (AvgIpc) is 3.20. The van der Waals surface area contributed by atoms with Gasteiger partial charge >= 0.3 is 5.69 Å². The number of nitrogens with one attached hydrogen (secondary N) is 2. The fourth-order valence-electron chi connectivity index (χ4n) is 3.48. The molecule has 0 amide bonds. The molecule has 0 aliphatic heterocycles. The van der Waals surface area contributed by atoms with Crippen LogP contribution in [-0.4, -0.2) is 25.3 Å². The number of H-pyrrole nitrogens is 1. The number of aromatic amines is 1. The molecule has 0 bridgehead atoms. The van der Waals surface area contributed by atoms with E-state index in [1.807, 2.05) is 54.6 Å². The number of anilines is 1. The van der Waals surface area contributed by atoms with E-state index < -0.39 is 11.2 Å². The van der Waals surface area contributed by atoms with Gasteiger partial charge in [-0.3, -0.25) is 14.3 Å². The lowest BCUT2D eigenvalue weighted by Crippen LogP contribution is -2.29. The number of fused-ring (bicyclic) bond motifs is 1. The molecule has 0 spiro atoms. The average molecular weight is 461 g/mol. The molecule has 176 valence electrons. The predicted molar refractivity (Wildman–Crippen MR) is 133 cm³/mol. The second kappa shape index (κ2) is 10.2. The van der Waals surface area contributed by atoms with E-state index in [4.69, 9.17) is 4.74 Å². The van der Waals surface area contributed by atoms with Gasteiger partial charge in [0.05, 0.1) is 6.21 Å². The van der Waals surface area contributed by atoms with Crippen molar-refractivity contribution in [2.24, 2.45) is 18.1 Å². The van der Waals surface area contributed by atoms with Crippen molar-refractivity contribution in [1.82, 2.24) is 19.1 Å². The minimum atomic E-state index is -0.504. The molecule has 2 heterocycles. The number of benzene rings is 2. The lowest BCUT2D eigenvalue weighted by molar-refractivity contribution is 0.306. The summed E-state index contributed by atoms with van der Waals surface area (Å²) >= 11 is 0. The minimum absolute atomic E-state index is 0.315. The van der Waals surface area contributed by atoms with Crippen LogP contribution in [0.25, 0.3) is 11.2 Å². The third-order valence-corrected chi connectivity index (χ3v) is 5.44. The lowest BCUT2D eigenvalue weighted by Gasteiger charge is -2.09. The van der Waals surface area contributed by atoms with E-state index in [9.17, 15) is 9.59 Å². The molecule has 2 N–H and O–H groups in total. The molecule has 2 aromatic heterocycles. The summed E-state index contributed by atoms with van der Waals surface area (Å²) in [6, 6.07) is 17.6. The van der Waals surface area contributed by atoms with E-state index in [-0.39, 0.29) is 0 Å². The molecule has 4 rings (SSSR count). The summed E-state index contributed by atoms with van der Waals surface area (Å²) in [5.74, 6) is 1.61. The standard InChI is InChI=1S/C25H28N6O3/c1-17(2)13-14-31-21-22(30(3)25(33)28-23(21)32)27-24(31)29-26-15-18-9-11-20(12-10-18)34-16-19-7-5-4-6-8-19/h4-12,15,17H,13-14,16H2,1-3H3,(H,27,29)(H,28,32,33)/b26-15-. The van der Waals surface area contributed by atoms with Crippen molar-refractivity contribution in [3.63, 3.8) is 0 Å². The Morgan fingerprint density at radius 1 is 1.12 bits per heavy atom. The van der Waals surface area contributed by atoms with Gasteiger partial charge in [0.15, 0.2) is 11.2 Å². The third-order valence-electron chi connectivity index (χ3n) is 5.44. The van der Waals surface area contributed by atoms with Crippen LogP contribution in [0.5, 0.6) is 5.75 Å². The van der Waals surface area contributed by atoms with Gasteiger partial charge in [0.2, 0.25) is 5.95 Å². The van der Waals surface area contributed by atoms with Crippen molar-refractivity contribution in [3.8, 4) is 5.75 Å². The van der Waals surface area contributed by atoms with E-state index in [1.165, 1.54) is 4.57 Å². The molecule has 2 aromatic carbocycles. The van der Waals surface area contributed by atoms with Gasteiger partial charge in [-0.05, 0) is 47.7 Å². The Morgan fingerprint density at radius 3 is 2.56 bits per heavy atom. The van der Waals surface area contributed by atoms with Crippen LogP contribution < -0.4 is 21.4 Å². The lowest BCUT2D eigenvalue weighted by atomic mass is 10.1. The van der Waals surface area contributed by atoms with Gasteiger partial charge in [-0.1, -0.05) is 44.2 Å². The number of ether oxygens (including phenoxy) is 1. The number of rotatable bonds is 9. The van der Waals surface area contributed by atoms with Gasteiger partial charge in [-0.2, -0.15) is 10.1 Å². The number of imidazole rings is 1. The quantitative estimate of drug-likeness (QED) is 0.294. The number of hydrogen-bond donors (Lipinski definition) is 2. The van der Waals surface area contributed by atoms with Crippen LogP contribution in [0.3, 0.4) is 0 Å². The van der Waals surface area contributed by atoms with Gasteiger partial charge in [0.25, 0.3) is 5.56 Å². The van der Waals surface area contributed by atoms with Crippen LogP contribution in [0.1, 0.15) is 31.4 Å². The molecule has 0 aliphatic rings. The maximum Gasteiger partial charge on any atom is 0.329 e. The van der Waals surface area contributed by atoms with Crippen molar-refractivity contribution in [2.45, 2.75) is 33.4 Å². The summed E-state index contributed by atoms with van der Waals surface area (Å²) in [5.41, 5.74) is 4.61. The molecule has 0 aliphatic carbocycles. The van der Waals surface area contributed by atoms with Crippen LogP contribution in [0.2, 0.25) is 0 Å². The molecule has 34 heavy (non-hydrogen) atoms. The van der Waals surface area contributed by atoms with Crippen molar-refractivity contribution >= 4 is 23.3 Å². The molecule has 0 saturated carbocycles. The monoisotopic (exact) mass is 460 g/mol. The highest BCUT2D eigenvalue weighted by molar-refractivity contribution is 5.80. The molecule has 0 unspecified atom stereocenters. The van der Waals surface area contributed by atoms with E-state index in [1.54, 1.807) is 17.8 Å². The minimum Gasteiger partial charge on any atom is -0.489 e. The van der Waals surface area contributed by atoms with Gasteiger partial charge in [0, 0.05) is 13.6 Å². The maximum atomic E-state index is 12.5. The summed E-state index contributed by atoms with van der Waals surface area (Å²) in [4.78, 5) is 31.3. The van der Waals surface area contributed by atoms with E-state index in [2.05, 4.69) is 34.3 Å². The summed E-state index contributed by atoms with van der Waals surface area (Å²) < 4.78 is 8.91. The first-order valence-corrected chi connectivity index (χ1v) is 11.2. The smallest absolute Gasteiger partial charge is 0.329 e. The largest absolute Gasteiger partial charge is 0.489 e. The number of aromatic nitrogens is 4. The molecular formula is C25H28N6O3. The van der Waals surface area contributed by atoms with Crippen LogP contribution in [0, 0.1) is 5.92 Å². The third kappa shape index (κ3) is 5.25. The normalized spacial score (nSPS) is 11.5. The zero-order chi connectivity index (χ0) is 24.1. The zero-order valence-corrected chi connectivity index (χ0v) is 19.5. The topological polar surface area (TPSA) is 106 Å². The van der Waals surface area contributed by atoms with Crippen molar-refractivity contribution in [1.29, 1.82) is 0 Å². The second-order valence-corrected chi connectivity index (χ2v) is 8.47. The van der Waals surface area contributed by atoms with Gasteiger partial charge < -0.3 is 9.30 Å². The Kier molecular flexibility index (Phi) is 6.91. The predicted octanol–water partition coefficient (Wildman–Crippen LogP) is 3.49. The molecule has 9 heteroatoms. The van der Waals surface area contributed by atoms with Crippen LogP contribution in [-0.2, 0) is 20.2 Å². The van der Waals surface area contributed by atoms with Gasteiger partial charge in [-0.25, -0.2) is 10.2 Å². The summed E-state index contributed by atoms with van der Waals surface area (Å²) in [5, 5.41) is 4.30. The summed E-state index contributed by atoms with van der Waals surface area (Å²) in [7, 11) is 1.58. The molecule has 0 saturated heterocycles. The molecule has 9 nitrogen and oxygen atoms in total. The fraction of sp³-hybridized carbons (Fsp3) is 0.280. The van der Waals surface area contributed by atoms with Gasteiger partial charge in [0.1, 0.15) is 12.4 Å². The highest BCUT2D eigenvalue weighted by Crippen LogP contribution is 2.18. The van der Waals surface area contributed by atoms with Crippen molar-refractivity contribution < 1.29 is 4.74 Å². The molecule has 0 radical (unpaired) electrons. The first kappa shape index (κ1) is 23.0. The van der Waals surface area contributed by atoms with Gasteiger partial charge in [-0.15, -0.1) is 0 Å². The van der Waals surface area contributed by atoms with E-state index in [0.29, 0.717) is 36.2 Å². The zero-order valence-electron chi connectivity index (χ0n) is 19.5. The molecule has 0 fully saturated rings. The van der Waals surface area contributed by atoms with Crippen LogP contribution >= 0.6 is 0 Å². The number of aryl methyl sites for hydroxylation is 2. The Morgan fingerprint density at radius 2 is 1.85 bits per heavy atom. The van der Waals surface area contributed by atoms with Crippen molar-refractivity contribution in [2.75, 3.05) is 5.43 Å². The molecule has 0 atom stereocenters. The van der Waals surface area contributed by atoms with E-state index >= 15 is 0 Å². The Hall–Kier alpha value is -4.14. The first-order chi connectivity index (χ1) is 16.4. The maximum absolute atomic E-state index is 12.5. The highest BCUT2D eigenvalue weighted by Gasteiger charge is 2.17. The number of hydrazone groups is 1. The second-order valence-electron chi connectivity index (χ2n) is 8.47. The fourth-order valence-corrected chi connectivity index (χ4v) is 3.48. The number of nitrogens with zero attached hydrogens (tertiary/aromatic N) is 4. The number of hydrogen-bond acceptors (Lipinski definition) is 6. The van der Waals surface area contributed by atoms with E-state index in [0.717, 1.165) is 23.3 Å². The molecular weight excluding hydrogens is 432 g/mol. The van der Waals surface area contributed by atoms with Crippen LogP contribution in [0.4, 0.5) is 5.95 Å². The highest BCUT2D eigenvalue weighted by atomic mass is 16.5. The van der Waals surface area contributed by atoms with Crippen LogP contribution in [0.15, 0.2) is 69.3 Å².